The van der Waals surface area contributed by atoms with Gasteiger partial charge in [-0.25, -0.2) is 0 Å². The summed E-state index contributed by atoms with van der Waals surface area (Å²) in [7, 11) is 0. The molecule has 2 aliphatic rings. The molecule has 1 amide bonds. The van der Waals surface area contributed by atoms with E-state index in [-0.39, 0.29) is 18.4 Å². The smallest absolute Gasteiger partial charge is 0.308 e. The molecule has 130 valence electrons. The van der Waals surface area contributed by atoms with Gasteiger partial charge >= 0.3 is 5.97 Å². The lowest BCUT2D eigenvalue weighted by Crippen LogP contribution is -2.32. The minimum atomic E-state index is -0.851. The van der Waals surface area contributed by atoms with E-state index in [0.29, 0.717) is 37.1 Å². The molecule has 2 aliphatic heterocycles. The molecule has 24 heavy (non-hydrogen) atoms. The van der Waals surface area contributed by atoms with Gasteiger partial charge in [0.2, 0.25) is 5.91 Å². The molecule has 1 aromatic carbocycles. The molecular weight excluding hydrogens is 330 g/mol. The number of likely N-dealkylation sites (tertiary alicyclic amines) is 1. The fraction of sp³-hybridized carbons (Fsp3) is 0.556. The Labute approximate surface area is 146 Å². The van der Waals surface area contributed by atoms with E-state index in [1.807, 2.05) is 12.1 Å². The van der Waals surface area contributed by atoms with E-state index in [2.05, 4.69) is 0 Å². The van der Waals surface area contributed by atoms with E-state index in [1.165, 1.54) is 0 Å². The minimum absolute atomic E-state index is 0.0598. The molecule has 2 fully saturated rings. The summed E-state index contributed by atoms with van der Waals surface area (Å²) in [4.78, 5) is 25.9. The molecule has 2 heterocycles. The third kappa shape index (κ3) is 3.90. The topological polar surface area (TPSA) is 66.8 Å². The summed E-state index contributed by atoms with van der Waals surface area (Å²) in [6.07, 6.45) is 2.30. The maximum Gasteiger partial charge on any atom is 0.308 e. The second-order valence-electron chi connectivity index (χ2n) is 6.66. The van der Waals surface area contributed by atoms with Crippen LogP contribution in [0.4, 0.5) is 0 Å². The van der Waals surface area contributed by atoms with Gasteiger partial charge in [0.1, 0.15) is 0 Å². The number of ether oxygens (including phenoxy) is 1. The number of hydrogen-bond acceptors (Lipinski definition) is 3. The first-order valence-corrected chi connectivity index (χ1v) is 8.76. The number of nitrogens with zero attached hydrogens (tertiary/aromatic N) is 1. The number of aliphatic carboxylic acids is 1. The summed E-state index contributed by atoms with van der Waals surface area (Å²) in [6.45, 7) is 2.16. The van der Waals surface area contributed by atoms with E-state index in [9.17, 15) is 14.7 Å². The number of rotatable bonds is 4. The molecule has 3 rings (SSSR count). The number of carbonyl (C=O) groups is 2. The van der Waals surface area contributed by atoms with Crippen LogP contribution in [0.15, 0.2) is 24.3 Å². The molecule has 0 unspecified atom stereocenters. The van der Waals surface area contributed by atoms with E-state index in [0.717, 1.165) is 18.4 Å². The van der Waals surface area contributed by atoms with Crippen LogP contribution in [-0.4, -0.2) is 48.2 Å². The minimum Gasteiger partial charge on any atom is -0.481 e. The van der Waals surface area contributed by atoms with Crippen LogP contribution in [0.2, 0.25) is 5.02 Å². The van der Waals surface area contributed by atoms with Crippen molar-refractivity contribution in [2.45, 2.75) is 25.2 Å². The molecule has 2 atom stereocenters. The molecule has 1 N–H and O–H groups in total. The Morgan fingerprint density at radius 2 is 1.83 bits per heavy atom. The second-order valence-corrected chi connectivity index (χ2v) is 7.10. The summed E-state index contributed by atoms with van der Waals surface area (Å²) in [5.41, 5.74) is 0.924. The lowest BCUT2D eigenvalue weighted by Gasteiger charge is -2.24. The van der Waals surface area contributed by atoms with Crippen LogP contribution < -0.4 is 0 Å². The first-order chi connectivity index (χ1) is 11.5. The number of carboxylic acids is 1. The monoisotopic (exact) mass is 351 g/mol. The zero-order valence-corrected chi connectivity index (χ0v) is 14.2. The van der Waals surface area contributed by atoms with Gasteiger partial charge in [-0.15, -0.1) is 0 Å². The lowest BCUT2D eigenvalue weighted by atomic mass is 9.89. The Hall–Kier alpha value is -1.59. The maximum absolute atomic E-state index is 12.6. The van der Waals surface area contributed by atoms with E-state index in [4.69, 9.17) is 16.3 Å². The van der Waals surface area contributed by atoms with Gasteiger partial charge in [-0.2, -0.15) is 0 Å². The van der Waals surface area contributed by atoms with Gasteiger partial charge in [0.15, 0.2) is 0 Å². The standard InChI is InChI=1S/C18H22ClNO4/c19-14-3-1-13(2-4-14)15-10-20(11-16(15)18(22)23)17(21)9-12-5-7-24-8-6-12/h1-4,12,15-16H,5-11H2,(H,22,23)/t15-,16+/m0/s1. The van der Waals surface area contributed by atoms with Crippen LogP contribution >= 0.6 is 11.6 Å². The highest BCUT2D eigenvalue weighted by Gasteiger charge is 2.40. The van der Waals surface area contributed by atoms with Crippen molar-refractivity contribution in [1.82, 2.24) is 4.90 Å². The molecule has 0 aromatic heterocycles. The highest BCUT2D eigenvalue weighted by atomic mass is 35.5. The third-order valence-corrected chi connectivity index (χ3v) is 5.34. The van der Waals surface area contributed by atoms with Crippen molar-refractivity contribution in [3.8, 4) is 0 Å². The zero-order chi connectivity index (χ0) is 17.1. The van der Waals surface area contributed by atoms with Crippen LogP contribution in [0.25, 0.3) is 0 Å². The summed E-state index contributed by atoms with van der Waals surface area (Å²) >= 11 is 5.91. The van der Waals surface area contributed by atoms with Crippen LogP contribution in [-0.2, 0) is 14.3 Å². The fourth-order valence-corrected chi connectivity index (χ4v) is 3.76. The molecule has 0 spiro atoms. The molecule has 5 nitrogen and oxygen atoms in total. The predicted molar refractivity (Wildman–Crippen MR) is 90.1 cm³/mol. The number of halogens is 1. The molecule has 0 bridgehead atoms. The largest absolute Gasteiger partial charge is 0.481 e. The fourth-order valence-electron chi connectivity index (χ4n) is 3.63. The molecule has 1 aromatic rings. The van der Waals surface area contributed by atoms with Gasteiger partial charge < -0.3 is 14.7 Å². The average Bonchev–Trinajstić information content (AvgIpc) is 3.02. The van der Waals surface area contributed by atoms with Crippen LogP contribution in [0, 0.1) is 11.8 Å². The third-order valence-electron chi connectivity index (χ3n) is 5.09. The van der Waals surface area contributed by atoms with Gasteiger partial charge in [0.05, 0.1) is 5.92 Å². The Kier molecular flexibility index (Phi) is 5.41. The van der Waals surface area contributed by atoms with Crippen molar-refractivity contribution >= 4 is 23.5 Å². The number of amides is 1. The molecule has 6 heteroatoms. The Balaban J connectivity index is 1.68. The first kappa shape index (κ1) is 17.2. The van der Waals surface area contributed by atoms with Crippen molar-refractivity contribution in [1.29, 1.82) is 0 Å². The van der Waals surface area contributed by atoms with Crippen LogP contribution in [0.3, 0.4) is 0 Å². The number of hydrogen-bond donors (Lipinski definition) is 1. The SMILES string of the molecule is O=C(O)[C@@H]1CN(C(=O)CC2CCOCC2)C[C@H]1c1ccc(Cl)cc1. The lowest BCUT2D eigenvalue weighted by molar-refractivity contribution is -0.141. The van der Waals surface area contributed by atoms with Crippen LogP contribution in [0.5, 0.6) is 0 Å². The van der Waals surface area contributed by atoms with Crippen molar-refractivity contribution in [3.05, 3.63) is 34.9 Å². The van der Waals surface area contributed by atoms with Gasteiger partial charge in [-0.05, 0) is 36.5 Å². The molecule has 0 aliphatic carbocycles. The summed E-state index contributed by atoms with van der Waals surface area (Å²) in [6, 6.07) is 7.25. The normalized spacial score (nSPS) is 25.0. The summed E-state index contributed by atoms with van der Waals surface area (Å²) < 4.78 is 5.33. The number of benzene rings is 1. The number of carbonyl (C=O) groups excluding carboxylic acids is 1. The Morgan fingerprint density at radius 3 is 2.46 bits per heavy atom. The maximum atomic E-state index is 12.6. The molecule has 2 saturated heterocycles. The molecule has 0 saturated carbocycles. The van der Waals surface area contributed by atoms with Gasteiger partial charge in [0.25, 0.3) is 0 Å². The zero-order valence-electron chi connectivity index (χ0n) is 13.5. The highest BCUT2D eigenvalue weighted by Crippen LogP contribution is 2.34. The Bertz CT molecular complexity index is 598. The summed E-state index contributed by atoms with van der Waals surface area (Å²) in [5.74, 6) is -1.19. The quantitative estimate of drug-likeness (QED) is 0.905. The molecule has 0 radical (unpaired) electrons. The second kappa shape index (κ2) is 7.53. The summed E-state index contributed by atoms with van der Waals surface area (Å²) in [5, 5.41) is 10.2. The van der Waals surface area contributed by atoms with Crippen molar-refractivity contribution < 1.29 is 19.4 Å². The predicted octanol–water partition coefficient (Wildman–Crippen LogP) is 2.78. The van der Waals surface area contributed by atoms with E-state index >= 15 is 0 Å². The average molecular weight is 352 g/mol. The number of carboxylic acid groups (broad SMARTS) is 1. The highest BCUT2D eigenvalue weighted by molar-refractivity contribution is 6.30. The van der Waals surface area contributed by atoms with E-state index in [1.54, 1.807) is 17.0 Å². The van der Waals surface area contributed by atoms with Gasteiger partial charge in [-0.3, -0.25) is 9.59 Å². The first-order valence-electron chi connectivity index (χ1n) is 8.38. The van der Waals surface area contributed by atoms with E-state index < -0.39 is 11.9 Å². The van der Waals surface area contributed by atoms with Crippen molar-refractivity contribution in [2.75, 3.05) is 26.3 Å². The van der Waals surface area contributed by atoms with Crippen LogP contribution in [0.1, 0.15) is 30.7 Å². The Morgan fingerprint density at radius 1 is 1.17 bits per heavy atom. The van der Waals surface area contributed by atoms with Crippen molar-refractivity contribution in [3.63, 3.8) is 0 Å². The van der Waals surface area contributed by atoms with Gasteiger partial charge in [0, 0.05) is 43.7 Å². The van der Waals surface area contributed by atoms with Gasteiger partial charge in [-0.1, -0.05) is 23.7 Å². The molecular formula is C18H22ClNO4. The van der Waals surface area contributed by atoms with Crippen molar-refractivity contribution in [2.24, 2.45) is 11.8 Å².